The highest BCUT2D eigenvalue weighted by atomic mass is 16.5. The molecule has 5 rings (SSSR count). The van der Waals surface area contributed by atoms with Gasteiger partial charge in [0.25, 0.3) is 0 Å². The Kier molecular flexibility index (Phi) is 4.79. The van der Waals surface area contributed by atoms with Crippen LogP contribution in [-0.2, 0) is 21.4 Å². The number of nitrogens with zero attached hydrogens (tertiary/aromatic N) is 4. The van der Waals surface area contributed by atoms with Gasteiger partial charge in [-0.25, -0.2) is 9.97 Å². The first-order valence-electron chi connectivity index (χ1n) is 10.8. The number of rotatable bonds is 2. The predicted octanol–water partition coefficient (Wildman–Crippen LogP) is 2.91. The second-order valence-electron chi connectivity index (χ2n) is 8.70. The van der Waals surface area contributed by atoms with Gasteiger partial charge >= 0.3 is 0 Å². The van der Waals surface area contributed by atoms with Crippen molar-refractivity contribution in [1.82, 2.24) is 9.97 Å². The van der Waals surface area contributed by atoms with Crippen LogP contribution in [0.4, 0.5) is 5.95 Å². The Morgan fingerprint density at radius 2 is 2.00 bits per heavy atom. The van der Waals surface area contributed by atoms with Gasteiger partial charge < -0.3 is 9.64 Å². The molecule has 1 saturated heterocycles. The number of ketones is 1. The van der Waals surface area contributed by atoms with Crippen LogP contribution in [0.5, 0.6) is 0 Å². The van der Waals surface area contributed by atoms with Crippen LogP contribution in [0.15, 0.2) is 36.5 Å². The number of carbonyl (C=O) groups excluding carboxylic acids is 1. The zero-order valence-corrected chi connectivity index (χ0v) is 17.3. The van der Waals surface area contributed by atoms with Gasteiger partial charge in [-0.05, 0) is 36.3 Å². The summed E-state index contributed by atoms with van der Waals surface area (Å²) >= 11 is 0. The zero-order valence-electron chi connectivity index (χ0n) is 17.3. The van der Waals surface area contributed by atoms with Gasteiger partial charge in [0, 0.05) is 30.6 Å². The molecule has 3 aliphatic rings. The van der Waals surface area contributed by atoms with Gasteiger partial charge in [-0.2, -0.15) is 5.26 Å². The summed E-state index contributed by atoms with van der Waals surface area (Å²) < 4.78 is 5.49. The summed E-state index contributed by atoms with van der Waals surface area (Å²) in [6.07, 6.45) is 4.24. The van der Waals surface area contributed by atoms with E-state index in [1.807, 2.05) is 31.3 Å². The Morgan fingerprint density at radius 3 is 2.73 bits per heavy atom. The average Bonchev–Trinajstić information content (AvgIpc) is 2.82. The number of hydrogen-bond donors (Lipinski definition) is 0. The van der Waals surface area contributed by atoms with E-state index in [2.05, 4.69) is 28.1 Å². The lowest BCUT2D eigenvalue weighted by molar-refractivity contribution is -0.131. The van der Waals surface area contributed by atoms with E-state index in [0.717, 1.165) is 48.7 Å². The minimum Gasteiger partial charge on any atom is -0.378 e. The van der Waals surface area contributed by atoms with Crippen molar-refractivity contribution in [2.45, 2.75) is 31.6 Å². The Hall–Kier alpha value is -2.78. The summed E-state index contributed by atoms with van der Waals surface area (Å²) in [6.45, 7) is 4.90. The number of morpholine rings is 1. The smallest absolute Gasteiger partial charge is 0.225 e. The predicted molar refractivity (Wildman–Crippen MR) is 112 cm³/mol. The number of benzene rings is 1. The Morgan fingerprint density at radius 1 is 1.23 bits per heavy atom. The lowest BCUT2D eigenvalue weighted by atomic mass is 9.51. The monoisotopic (exact) mass is 402 g/mol. The molecule has 1 saturated carbocycles. The number of Topliss-reactive ketones (excluding diaryl/α,β-unsaturated/α-hetero) is 1. The first kappa shape index (κ1) is 19.2. The van der Waals surface area contributed by atoms with E-state index in [0.29, 0.717) is 19.6 Å². The second kappa shape index (κ2) is 7.48. The van der Waals surface area contributed by atoms with Gasteiger partial charge in [0.1, 0.15) is 5.92 Å². The zero-order chi connectivity index (χ0) is 20.7. The van der Waals surface area contributed by atoms with Crippen LogP contribution in [0.25, 0.3) is 0 Å². The Labute approximate surface area is 176 Å². The average molecular weight is 402 g/mol. The van der Waals surface area contributed by atoms with Crippen LogP contribution in [0.3, 0.4) is 0 Å². The number of ether oxygens (including phenoxy) is 1. The minimum absolute atomic E-state index is 0.0833. The molecule has 154 valence electrons. The van der Waals surface area contributed by atoms with E-state index in [-0.39, 0.29) is 17.6 Å². The summed E-state index contributed by atoms with van der Waals surface area (Å²) in [7, 11) is 0. The van der Waals surface area contributed by atoms with Gasteiger partial charge in [-0.1, -0.05) is 37.3 Å². The fraction of sp³-hybridized carbons (Fsp3) is 0.500. The van der Waals surface area contributed by atoms with Crippen molar-refractivity contribution in [3.05, 3.63) is 53.3 Å². The number of hydrogen-bond acceptors (Lipinski definition) is 6. The summed E-state index contributed by atoms with van der Waals surface area (Å²) in [5, 5.41) is 9.81. The van der Waals surface area contributed by atoms with Crippen LogP contribution in [0, 0.1) is 29.1 Å². The molecule has 1 aliphatic heterocycles. The third-order valence-electron chi connectivity index (χ3n) is 7.29. The van der Waals surface area contributed by atoms with Gasteiger partial charge in [0.05, 0.1) is 25.0 Å². The highest BCUT2D eigenvalue weighted by Crippen LogP contribution is 2.55. The standard InChI is InChI=1S/C24H26N4O2/c1-16-20-8-7-17-15-26-23(28-9-11-30-12-10-28)27-22(17)24(20,13-18(14-25)21(16)29)19-5-3-2-4-6-19/h2-6,15-16,18,20H,7-13H2,1H3/t16-,18?,20-,24-/m0/s1. The molecule has 6 nitrogen and oxygen atoms in total. The second-order valence-corrected chi connectivity index (χ2v) is 8.70. The summed E-state index contributed by atoms with van der Waals surface area (Å²) in [6, 6.07) is 12.7. The molecule has 1 unspecified atom stereocenters. The van der Waals surface area contributed by atoms with Crippen molar-refractivity contribution in [2.75, 3.05) is 31.2 Å². The van der Waals surface area contributed by atoms with E-state index in [1.54, 1.807) is 0 Å². The van der Waals surface area contributed by atoms with Crippen molar-refractivity contribution >= 4 is 11.7 Å². The molecule has 0 amide bonds. The van der Waals surface area contributed by atoms with Gasteiger partial charge in [0.2, 0.25) is 5.95 Å². The molecule has 0 radical (unpaired) electrons. The fourth-order valence-corrected chi connectivity index (χ4v) is 5.79. The topological polar surface area (TPSA) is 79.1 Å². The molecular formula is C24H26N4O2. The number of carbonyl (C=O) groups is 1. The van der Waals surface area contributed by atoms with Crippen LogP contribution < -0.4 is 4.90 Å². The molecule has 0 bridgehead atoms. The highest BCUT2D eigenvalue weighted by molar-refractivity contribution is 5.87. The molecular weight excluding hydrogens is 376 g/mol. The molecule has 1 aromatic heterocycles. The summed E-state index contributed by atoms with van der Waals surface area (Å²) in [5.74, 6) is 0.172. The van der Waals surface area contributed by atoms with E-state index in [9.17, 15) is 10.1 Å². The molecule has 2 aliphatic carbocycles. The third-order valence-corrected chi connectivity index (χ3v) is 7.29. The van der Waals surface area contributed by atoms with E-state index in [4.69, 9.17) is 9.72 Å². The van der Waals surface area contributed by atoms with Crippen molar-refractivity contribution in [1.29, 1.82) is 5.26 Å². The molecule has 2 aromatic rings. The normalized spacial score (nSPS) is 30.9. The molecule has 2 fully saturated rings. The van der Waals surface area contributed by atoms with E-state index >= 15 is 0 Å². The molecule has 0 spiro atoms. The number of aryl methyl sites for hydroxylation is 1. The maximum Gasteiger partial charge on any atom is 0.225 e. The summed E-state index contributed by atoms with van der Waals surface area (Å²) in [5.41, 5.74) is 2.88. The van der Waals surface area contributed by atoms with Crippen molar-refractivity contribution in [3.8, 4) is 6.07 Å². The minimum atomic E-state index is -0.607. The lowest BCUT2D eigenvalue weighted by Gasteiger charge is -2.51. The van der Waals surface area contributed by atoms with Gasteiger partial charge in [-0.15, -0.1) is 0 Å². The quantitative estimate of drug-likeness (QED) is 0.769. The number of anilines is 1. The fourth-order valence-electron chi connectivity index (χ4n) is 5.79. The van der Waals surface area contributed by atoms with Gasteiger partial charge in [-0.3, -0.25) is 4.79 Å². The molecule has 1 aromatic carbocycles. The van der Waals surface area contributed by atoms with Crippen LogP contribution in [0.2, 0.25) is 0 Å². The molecule has 30 heavy (non-hydrogen) atoms. The van der Waals surface area contributed by atoms with Crippen LogP contribution in [-0.4, -0.2) is 42.1 Å². The molecule has 0 N–H and O–H groups in total. The Bertz CT molecular complexity index is 996. The van der Waals surface area contributed by atoms with Crippen LogP contribution in [0.1, 0.15) is 36.6 Å². The molecule has 2 heterocycles. The third kappa shape index (κ3) is 2.84. The van der Waals surface area contributed by atoms with E-state index in [1.165, 1.54) is 0 Å². The largest absolute Gasteiger partial charge is 0.378 e. The Balaban J connectivity index is 1.71. The van der Waals surface area contributed by atoms with E-state index < -0.39 is 11.3 Å². The van der Waals surface area contributed by atoms with Gasteiger partial charge in [0.15, 0.2) is 5.78 Å². The summed E-state index contributed by atoms with van der Waals surface area (Å²) in [4.78, 5) is 24.9. The first-order valence-corrected chi connectivity index (χ1v) is 10.8. The van der Waals surface area contributed by atoms with Crippen molar-refractivity contribution < 1.29 is 9.53 Å². The van der Waals surface area contributed by atoms with Crippen LogP contribution >= 0.6 is 0 Å². The maximum atomic E-state index is 12.9. The van der Waals surface area contributed by atoms with Crippen molar-refractivity contribution in [2.24, 2.45) is 17.8 Å². The number of nitriles is 1. The number of aromatic nitrogens is 2. The first-order chi connectivity index (χ1) is 14.6. The SMILES string of the molecule is C[C@@H]1C(=O)C(C#N)C[C@@]2(c3ccccc3)c3nc(N4CCOCC4)ncc3CC[C@@H]12. The molecule has 4 atom stereocenters. The molecule has 6 heteroatoms. The highest BCUT2D eigenvalue weighted by Gasteiger charge is 2.56. The maximum absolute atomic E-state index is 12.9. The number of fused-ring (bicyclic) bond motifs is 3. The van der Waals surface area contributed by atoms with Crippen molar-refractivity contribution in [3.63, 3.8) is 0 Å². The lowest BCUT2D eigenvalue weighted by Crippen LogP contribution is -2.53.